The lowest BCUT2D eigenvalue weighted by molar-refractivity contribution is -0.146. The van der Waals surface area contributed by atoms with Crippen LogP contribution >= 0.6 is 0 Å². The molecule has 25 heavy (non-hydrogen) atoms. The SMILES string of the molecule is COC(=O)[C@H]1C[C@H]2CCCC[C@H]2N1CC(=O)Nc1cccc(OC)c1. The number of amides is 1. The molecule has 6 heteroatoms. The molecule has 0 bridgehead atoms. The third-order valence-corrected chi connectivity index (χ3v) is 5.37. The van der Waals surface area contributed by atoms with Crippen molar-refractivity contribution in [3.05, 3.63) is 24.3 Å². The van der Waals surface area contributed by atoms with Crippen molar-refractivity contribution in [1.82, 2.24) is 4.90 Å². The van der Waals surface area contributed by atoms with Crippen molar-refractivity contribution < 1.29 is 19.1 Å². The van der Waals surface area contributed by atoms with E-state index >= 15 is 0 Å². The molecule has 1 aromatic rings. The Morgan fingerprint density at radius 3 is 2.80 bits per heavy atom. The molecule has 1 heterocycles. The maximum absolute atomic E-state index is 12.6. The summed E-state index contributed by atoms with van der Waals surface area (Å²) in [5.74, 6) is 0.832. The normalized spacial score (nSPS) is 25.9. The van der Waals surface area contributed by atoms with Crippen LogP contribution in [0.2, 0.25) is 0 Å². The van der Waals surface area contributed by atoms with Gasteiger partial charge in [-0.2, -0.15) is 0 Å². The first-order valence-corrected chi connectivity index (χ1v) is 8.90. The number of anilines is 1. The summed E-state index contributed by atoms with van der Waals surface area (Å²) in [5, 5.41) is 2.90. The monoisotopic (exact) mass is 346 g/mol. The standard InChI is InChI=1S/C19H26N2O4/c1-24-15-8-5-7-14(11-15)20-18(22)12-21-16-9-4-3-6-13(16)10-17(21)19(23)25-2/h5,7-8,11,13,16-17H,3-4,6,9-10,12H2,1-2H3,(H,20,22)/t13-,16-,17-/m1/s1. The van der Waals surface area contributed by atoms with E-state index in [9.17, 15) is 9.59 Å². The molecule has 1 amide bonds. The highest BCUT2D eigenvalue weighted by molar-refractivity contribution is 5.93. The van der Waals surface area contributed by atoms with Crippen LogP contribution < -0.4 is 10.1 Å². The van der Waals surface area contributed by atoms with Crippen LogP contribution in [0.25, 0.3) is 0 Å². The number of methoxy groups -OCH3 is 2. The van der Waals surface area contributed by atoms with E-state index in [2.05, 4.69) is 5.32 Å². The Morgan fingerprint density at radius 1 is 1.24 bits per heavy atom. The molecule has 0 unspecified atom stereocenters. The van der Waals surface area contributed by atoms with Crippen LogP contribution in [0.15, 0.2) is 24.3 Å². The molecule has 136 valence electrons. The summed E-state index contributed by atoms with van der Waals surface area (Å²) in [7, 11) is 3.01. The molecule has 1 saturated heterocycles. The lowest BCUT2D eigenvalue weighted by Crippen LogP contribution is -2.46. The van der Waals surface area contributed by atoms with Gasteiger partial charge in [-0.05, 0) is 37.3 Å². The fourth-order valence-corrected chi connectivity index (χ4v) is 4.22. The summed E-state index contributed by atoms with van der Waals surface area (Å²) >= 11 is 0. The van der Waals surface area contributed by atoms with Crippen LogP contribution in [-0.4, -0.2) is 49.6 Å². The maximum Gasteiger partial charge on any atom is 0.323 e. The van der Waals surface area contributed by atoms with Crippen molar-refractivity contribution >= 4 is 17.6 Å². The van der Waals surface area contributed by atoms with Gasteiger partial charge >= 0.3 is 5.97 Å². The molecule has 1 N–H and O–H groups in total. The number of benzene rings is 1. The van der Waals surface area contributed by atoms with Crippen LogP contribution in [0.3, 0.4) is 0 Å². The summed E-state index contributed by atoms with van der Waals surface area (Å²) < 4.78 is 10.2. The number of ether oxygens (including phenoxy) is 2. The number of nitrogens with one attached hydrogen (secondary N) is 1. The number of esters is 1. The zero-order chi connectivity index (χ0) is 17.8. The average Bonchev–Trinajstić information content (AvgIpc) is 2.99. The minimum atomic E-state index is -0.311. The third kappa shape index (κ3) is 3.95. The fourth-order valence-electron chi connectivity index (χ4n) is 4.22. The van der Waals surface area contributed by atoms with Gasteiger partial charge in [0.1, 0.15) is 11.8 Å². The first-order chi connectivity index (χ1) is 12.1. The topological polar surface area (TPSA) is 67.9 Å². The largest absolute Gasteiger partial charge is 0.497 e. The van der Waals surface area contributed by atoms with Crippen LogP contribution in [-0.2, 0) is 14.3 Å². The second-order valence-electron chi connectivity index (χ2n) is 6.84. The first-order valence-electron chi connectivity index (χ1n) is 8.90. The van der Waals surface area contributed by atoms with Gasteiger partial charge in [-0.3, -0.25) is 14.5 Å². The molecule has 3 rings (SSSR count). The Balaban J connectivity index is 1.69. The second kappa shape index (κ2) is 7.87. The van der Waals surface area contributed by atoms with Gasteiger partial charge in [0.2, 0.25) is 5.91 Å². The number of hydrogen-bond donors (Lipinski definition) is 1. The lowest BCUT2D eigenvalue weighted by Gasteiger charge is -2.32. The average molecular weight is 346 g/mol. The van der Waals surface area contributed by atoms with Gasteiger partial charge in [-0.15, -0.1) is 0 Å². The number of carbonyl (C=O) groups is 2. The second-order valence-corrected chi connectivity index (χ2v) is 6.84. The maximum atomic E-state index is 12.6. The summed E-state index contributed by atoms with van der Waals surface area (Å²) in [6, 6.07) is 7.26. The number of carbonyl (C=O) groups excluding carboxylic acids is 2. The zero-order valence-electron chi connectivity index (χ0n) is 14.9. The highest BCUT2D eigenvalue weighted by Gasteiger charge is 2.46. The highest BCUT2D eigenvalue weighted by atomic mass is 16.5. The van der Waals surface area contributed by atoms with E-state index in [0.29, 0.717) is 23.4 Å². The van der Waals surface area contributed by atoms with Crippen molar-refractivity contribution in [3.8, 4) is 5.75 Å². The number of fused-ring (bicyclic) bond motifs is 1. The van der Waals surface area contributed by atoms with Gasteiger partial charge in [-0.1, -0.05) is 18.9 Å². The third-order valence-electron chi connectivity index (χ3n) is 5.37. The predicted molar refractivity (Wildman–Crippen MR) is 94.5 cm³/mol. The van der Waals surface area contributed by atoms with Crippen LogP contribution in [0, 0.1) is 5.92 Å². The summed E-state index contributed by atoms with van der Waals surface area (Å²) in [6.45, 7) is 0.206. The summed E-state index contributed by atoms with van der Waals surface area (Å²) in [5.41, 5.74) is 0.693. The minimum Gasteiger partial charge on any atom is -0.497 e. The smallest absolute Gasteiger partial charge is 0.323 e. The van der Waals surface area contributed by atoms with Crippen molar-refractivity contribution in [2.75, 3.05) is 26.1 Å². The zero-order valence-corrected chi connectivity index (χ0v) is 14.9. The molecule has 1 aromatic carbocycles. The minimum absolute atomic E-state index is 0.117. The number of hydrogen-bond acceptors (Lipinski definition) is 5. The molecular formula is C19H26N2O4. The molecule has 2 aliphatic rings. The summed E-state index contributed by atoms with van der Waals surface area (Å²) in [6.07, 6.45) is 5.34. The fraction of sp³-hybridized carbons (Fsp3) is 0.579. The van der Waals surface area contributed by atoms with E-state index in [0.717, 1.165) is 25.7 Å². The summed E-state index contributed by atoms with van der Waals surface area (Å²) in [4.78, 5) is 26.8. The molecule has 1 saturated carbocycles. The highest BCUT2D eigenvalue weighted by Crippen LogP contribution is 2.39. The van der Waals surface area contributed by atoms with E-state index in [1.54, 1.807) is 13.2 Å². The molecule has 3 atom stereocenters. The number of rotatable bonds is 5. The van der Waals surface area contributed by atoms with Gasteiger partial charge < -0.3 is 14.8 Å². The van der Waals surface area contributed by atoms with E-state index < -0.39 is 0 Å². The molecule has 2 fully saturated rings. The van der Waals surface area contributed by atoms with Crippen molar-refractivity contribution in [3.63, 3.8) is 0 Å². The first kappa shape index (κ1) is 17.7. The molecule has 0 radical (unpaired) electrons. The molecular weight excluding hydrogens is 320 g/mol. The molecule has 0 spiro atoms. The molecule has 1 aliphatic heterocycles. The van der Waals surface area contributed by atoms with Crippen molar-refractivity contribution in [1.29, 1.82) is 0 Å². The lowest BCUT2D eigenvalue weighted by atomic mass is 9.85. The van der Waals surface area contributed by atoms with Crippen molar-refractivity contribution in [2.24, 2.45) is 5.92 Å². The van der Waals surface area contributed by atoms with E-state index in [1.165, 1.54) is 13.5 Å². The van der Waals surface area contributed by atoms with Gasteiger partial charge in [0.05, 0.1) is 20.8 Å². The number of likely N-dealkylation sites (tertiary alicyclic amines) is 1. The Hall–Kier alpha value is -2.08. The molecule has 1 aliphatic carbocycles. The van der Waals surface area contributed by atoms with E-state index in [-0.39, 0.29) is 24.5 Å². The van der Waals surface area contributed by atoms with Gasteiger partial charge in [0.25, 0.3) is 0 Å². The van der Waals surface area contributed by atoms with Gasteiger partial charge in [-0.25, -0.2) is 0 Å². The Morgan fingerprint density at radius 2 is 2.04 bits per heavy atom. The number of nitrogens with zero attached hydrogens (tertiary/aromatic N) is 1. The quantitative estimate of drug-likeness (QED) is 0.830. The van der Waals surface area contributed by atoms with Crippen molar-refractivity contribution in [2.45, 2.75) is 44.2 Å². The van der Waals surface area contributed by atoms with Gasteiger partial charge in [0.15, 0.2) is 0 Å². The van der Waals surface area contributed by atoms with E-state index in [4.69, 9.17) is 9.47 Å². The Bertz CT molecular complexity index is 634. The molecule has 0 aromatic heterocycles. The predicted octanol–water partition coefficient (Wildman–Crippen LogP) is 2.44. The van der Waals surface area contributed by atoms with Crippen LogP contribution in [0.4, 0.5) is 5.69 Å². The van der Waals surface area contributed by atoms with E-state index in [1.807, 2.05) is 23.1 Å². The van der Waals surface area contributed by atoms with Crippen LogP contribution in [0.5, 0.6) is 5.75 Å². The Kier molecular flexibility index (Phi) is 5.58. The molecule has 6 nitrogen and oxygen atoms in total. The Labute approximate surface area is 148 Å². The van der Waals surface area contributed by atoms with Crippen LogP contribution in [0.1, 0.15) is 32.1 Å². The van der Waals surface area contributed by atoms with Gasteiger partial charge in [0, 0.05) is 17.8 Å².